The summed E-state index contributed by atoms with van der Waals surface area (Å²) in [7, 11) is 1.77. The second-order valence-corrected chi connectivity index (χ2v) is 5.41. The molecule has 1 aliphatic heterocycles. The highest BCUT2D eigenvalue weighted by Gasteiger charge is 2.70. The van der Waals surface area contributed by atoms with E-state index in [0.717, 1.165) is 12.8 Å². The van der Waals surface area contributed by atoms with Gasteiger partial charge in [-0.25, -0.2) is 0 Å². The third kappa shape index (κ3) is 1.16. The maximum absolute atomic E-state index is 5.77. The molecule has 0 N–H and O–H groups in total. The van der Waals surface area contributed by atoms with Gasteiger partial charge in [-0.05, 0) is 18.3 Å². The first-order valence-electron chi connectivity index (χ1n) is 5.39. The highest BCUT2D eigenvalue weighted by molar-refractivity contribution is 5.08. The van der Waals surface area contributed by atoms with Gasteiger partial charge in [0.15, 0.2) is 0 Å². The predicted molar refractivity (Wildman–Crippen MR) is 52.6 cm³/mol. The van der Waals surface area contributed by atoms with E-state index in [-0.39, 0.29) is 11.0 Å². The van der Waals surface area contributed by atoms with Crippen molar-refractivity contribution in [3.05, 3.63) is 0 Å². The number of hydrogen-bond acceptors (Lipinski definition) is 3. The summed E-state index contributed by atoms with van der Waals surface area (Å²) in [6.45, 7) is 6.57. The molecule has 2 aliphatic rings. The Hall–Kier alpha value is -0.120. The van der Waals surface area contributed by atoms with E-state index in [1.807, 2.05) is 0 Å². The Morgan fingerprint density at radius 2 is 1.64 bits per heavy atom. The molecule has 1 heterocycles. The first-order valence-corrected chi connectivity index (χ1v) is 5.39. The molecule has 14 heavy (non-hydrogen) atoms. The Balaban J connectivity index is 2.33. The van der Waals surface area contributed by atoms with Crippen LogP contribution in [0, 0.1) is 5.41 Å². The monoisotopic (exact) mass is 200 g/mol. The molecule has 0 bridgehead atoms. The first kappa shape index (κ1) is 10.4. The van der Waals surface area contributed by atoms with Gasteiger partial charge in [-0.15, -0.1) is 0 Å². The summed E-state index contributed by atoms with van der Waals surface area (Å²) in [5.74, 6) is -0.446. The van der Waals surface area contributed by atoms with Crippen LogP contribution in [0.4, 0.5) is 0 Å². The lowest BCUT2D eigenvalue weighted by Gasteiger charge is -2.47. The minimum atomic E-state index is -0.446. The molecule has 0 aromatic heterocycles. The highest BCUT2D eigenvalue weighted by Crippen LogP contribution is 2.58. The molecule has 1 saturated carbocycles. The van der Waals surface area contributed by atoms with E-state index in [2.05, 4.69) is 20.8 Å². The van der Waals surface area contributed by atoms with Crippen LogP contribution in [0.2, 0.25) is 0 Å². The summed E-state index contributed by atoms with van der Waals surface area (Å²) in [6.07, 6.45) is 4.34. The van der Waals surface area contributed by atoms with Crippen molar-refractivity contribution in [1.82, 2.24) is 0 Å². The Morgan fingerprint density at radius 1 is 1.07 bits per heavy atom. The third-order valence-electron chi connectivity index (χ3n) is 3.74. The molecule has 1 unspecified atom stereocenters. The predicted octanol–water partition coefficient (Wildman–Crippen LogP) is 2.65. The largest absolute Gasteiger partial charge is 0.372 e. The number of ether oxygens (including phenoxy) is 1. The average Bonchev–Trinajstić information content (AvgIpc) is 2.85. The van der Waals surface area contributed by atoms with Gasteiger partial charge in [0.1, 0.15) is 5.60 Å². The standard InChI is InChI=1S/C11H20O3/c1-9(2,3)10(12-4)7-5-6-8-11(10)13-14-11/h5-8H2,1-4H3. The molecule has 1 spiro atoms. The number of methoxy groups -OCH3 is 1. The van der Waals surface area contributed by atoms with Gasteiger partial charge in [0.2, 0.25) is 0 Å². The molecular formula is C11H20O3. The van der Waals surface area contributed by atoms with E-state index in [1.54, 1.807) is 7.11 Å². The molecule has 0 aromatic rings. The van der Waals surface area contributed by atoms with Crippen molar-refractivity contribution in [2.75, 3.05) is 7.11 Å². The summed E-state index contributed by atoms with van der Waals surface area (Å²) >= 11 is 0. The molecule has 0 radical (unpaired) electrons. The summed E-state index contributed by atoms with van der Waals surface area (Å²) in [5.41, 5.74) is -0.239. The quantitative estimate of drug-likeness (QED) is 0.482. The second kappa shape index (κ2) is 2.94. The molecule has 1 atom stereocenters. The highest BCUT2D eigenvalue weighted by atomic mass is 17.4. The summed E-state index contributed by atoms with van der Waals surface area (Å²) < 4.78 is 5.77. The fraction of sp³-hybridized carbons (Fsp3) is 1.00. The van der Waals surface area contributed by atoms with Gasteiger partial charge in [0, 0.05) is 13.5 Å². The van der Waals surface area contributed by atoms with E-state index in [0.29, 0.717) is 0 Å². The van der Waals surface area contributed by atoms with Crippen LogP contribution >= 0.6 is 0 Å². The van der Waals surface area contributed by atoms with Crippen LogP contribution in [0.15, 0.2) is 0 Å². The topological polar surface area (TPSA) is 34.3 Å². The zero-order valence-corrected chi connectivity index (χ0v) is 9.55. The van der Waals surface area contributed by atoms with Crippen LogP contribution in [-0.2, 0) is 14.5 Å². The van der Waals surface area contributed by atoms with Crippen molar-refractivity contribution in [3.63, 3.8) is 0 Å². The Bertz CT molecular complexity index is 227. The summed E-state index contributed by atoms with van der Waals surface area (Å²) in [4.78, 5) is 10.5. The minimum absolute atomic E-state index is 0.0403. The fourth-order valence-electron chi connectivity index (χ4n) is 2.90. The normalized spacial score (nSPS) is 36.0. The van der Waals surface area contributed by atoms with E-state index in [4.69, 9.17) is 14.5 Å². The first-order chi connectivity index (χ1) is 6.47. The molecule has 2 rings (SSSR count). The molecular weight excluding hydrogens is 180 g/mol. The molecule has 1 aliphatic carbocycles. The lowest BCUT2D eigenvalue weighted by molar-refractivity contribution is -0.169. The lowest BCUT2D eigenvalue weighted by Crippen LogP contribution is -2.58. The molecule has 0 amide bonds. The van der Waals surface area contributed by atoms with Gasteiger partial charge in [-0.2, -0.15) is 9.78 Å². The Morgan fingerprint density at radius 3 is 2.00 bits per heavy atom. The number of hydrogen-bond donors (Lipinski definition) is 0. The maximum Gasteiger partial charge on any atom is 0.263 e. The smallest absolute Gasteiger partial charge is 0.263 e. The average molecular weight is 200 g/mol. The van der Waals surface area contributed by atoms with Crippen LogP contribution in [0.3, 0.4) is 0 Å². The van der Waals surface area contributed by atoms with Crippen LogP contribution in [-0.4, -0.2) is 18.5 Å². The van der Waals surface area contributed by atoms with Gasteiger partial charge in [0.05, 0.1) is 0 Å². The molecule has 3 heteroatoms. The van der Waals surface area contributed by atoms with Crippen molar-refractivity contribution in [1.29, 1.82) is 0 Å². The fourth-order valence-corrected chi connectivity index (χ4v) is 2.90. The van der Waals surface area contributed by atoms with Gasteiger partial charge >= 0.3 is 0 Å². The molecule has 0 aromatic carbocycles. The van der Waals surface area contributed by atoms with Gasteiger partial charge in [-0.3, -0.25) is 0 Å². The van der Waals surface area contributed by atoms with Crippen molar-refractivity contribution < 1.29 is 14.5 Å². The zero-order valence-electron chi connectivity index (χ0n) is 9.55. The third-order valence-corrected chi connectivity index (χ3v) is 3.74. The minimum Gasteiger partial charge on any atom is -0.372 e. The zero-order chi connectivity index (χ0) is 10.4. The van der Waals surface area contributed by atoms with Crippen molar-refractivity contribution in [2.24, 2.45) is 5.41 Å². The van der Waals surface area contributed by atoms with Gasteiger partial charge < -0.3 is 4.74 Å². The lowest BCUT2D eigenvalue weighted by atomic mass is 9.65. The van der Waals surface area contributed by atoms with E-state index in [1.165, 1.54) is 12.8 Å². The van der Waals surface area contributed by atoms with E-state index >= 15 is 0 Å². The molecule has 2 fully saturated rings. The van der Waals surface area contributed by atoms with E-state index in [9.17, 15) is 0 Å². The van der Waals surface area contributed by atoms with Crippen molar-refractivity contribution in [3.8, 4) is 0 Å². The van der Waals surface area contributed by atoms with Crippen LogP contribution in [0.1, 0.15) is 46.5 Å². The second-order valence-electron chi connectivity index (χ2n) is 5.41. The Kier molecular flexibility index (Phi) is 2.18. The molecule has 1 saturated heterocycles. The maximum atomic E-state index is 5.77. The summed E-state index contributed by atoms with van der Waals surface area (Å²) in [6, 6.07) is 0. The van der Waals surface area contributed by atoms with Crippen LogP contribution < -0.4 is 0 Å². The van der Waals surface area contributed by atoms with E-state index < -0.39 is 5.79 Å². The van der Waals surface area contributed by atoms with Crippen LogP contribution in [0.5, 0.6) is 0 Å². The molecule has 82 valence electrons. The molecule has 3 nitrogen and oxygen atoms in total. The van der Waals surface area contributed by atoms with Crippen LogP contribution in [0.25, 0.3) is 0 Å². The number of rotatable bonds is 1. The van der Waals surface area contributed by atoms with Crippen molar-refractivity contribution in [2.45, 2.75) is 57.8 Å². The summed E-state index contributed by atoms with van der Waals surface area (Å²) in [5, 5.41) is 0. The van der Waals surface area contributed by atoms with Gasteiger partial charge in [0.25, 0.3) is 5.79 Å². The van der Waals surface area contributed by atoms with Crippen molar-refractivity contribution >= 4 is 0 Å². The SMILES string of the molecule is COC1(C(C)(C)C)CCCCC12OO2. The van der Waals surface area contributed by atoms with Gasteiger partial charge in [-0.1, -0.05) is 27.2 Å². The Labute approximate surface area is 85.6 Å².